The average Bonchev–Trinajstić information content (AvgIpc) is 2.46. The largest absolute Gasteiger partial charge is 0.437 e. The van der Waals surface area contributed by atoms with E-state index in [0.29, 0.717) is 21.7 Å². The Bertz CT molecular complexity index is 617. The van der Waals surface area contributed by atoms with E-state index in [0.717, 1.165) is 30.6 Å². The van der Waals surface area contributed by atoms with E-state index in [1.165, 1.54) is 0 Å². The van der Waals surface area contributed by atoms with Crippen LogP contribution in [0.5, 0.6) is 11.6 Å². The Morgan fingerprint density at radius 3 is 2.76 bits per heavy atom. The lowest BCUT2D eigenvalue weighted by molar-refractivity contribution is 0.458. The highest BCUT2D eigenvalue weighted by molar-refractivity contribution is 6.34. The van der Waals surface area contributed by atoms with Gasteiger partial charge >= 0.3 is 0 Å². The quantitative estimate of drug-likeness (QED) is 0.760. The molecular formula is C16H18Cl2N2O. The molecule has 21 heavy (non-hydrogen) atoms. The molecule has 1 aromatic carbocycles. The van der Waals surface area contributed by atoms with Crippen molar-refractivity contribution in [2.24, 2.45) is 0 Å². The molecule has 0 aliphatic heterocycles. The molecule has 0 saturated carbocycles. The zero-order valence-electron chi connectivity index (χ0n) is 12.1. The zero-order valence-corrected chi connectivity index (χ0v) is 13.6. The van der Waals surface area contributed by atoms with Gasteiger partial charge in [-0.2, -0.15) is 0 Å². The predicted molar refractivity (Wildman–Crippen MR) is 87.5 cm³/mol. The molecule has 1 aromatic heterocycles. The molecule has 3 nitrogen and oxygen atoms in total. The molecule has 0 fully saturated rings. The fourth-order valence-corrected chi connectivity index (χ4v) is 2.21. The van der Waals surface area contributed by atoms with Crippen LogP contribution in [0, 0.1) is 6.92 Å². The van der Waals surface area contributed by atoms with Crippen LogP contribution in [-0.2, 0) is 6.54 Å². The van der Waals surface area contributed by atoms with Crippen LogP contribution < -0.4 is 10.1 Å². The average molecular weight is 325 g/mol. The van der Waals surface area contributed by atoms with E-state index in [1.54, 1.807) is 18.2 Å². The summed E-state index contributed by atoms with van der Waals surface area (Å²) in [5.41, 5.74) is 2.09. The fourth-order valence-electron chi connectivity index (χ4n) is 1.89. The van der Waals surface area contributed by atoms with E-state index in [4.69, 9.17) is 27.9 Å². The standard InChI is InChI=1S/C16H18Cl2N2O/c1-3-6-19-9-12-7-11(2)16(20-10-12)21-15-8-13(17)4-5-14(15)18/h4-5,7-8,10,19H,3,6,9H2,1-2H3. The molecule has 0 amide bonds. The number of hydrogen-bond acceptors (Lipinski definition) is 3. The summed E-state index contributed by atoms with van der Waals surface area (Å²) >= 11 is 12.0. The smallest absolute Gasteiger partial charge is 0.222 e. The van der Waals surface area contributed by atoms with E-state index in [1.807, 2.05) is 13.1 Å². The van der Waals surface area contributed by atoms with Crippen molar-refractivity contribution < 1.29 is 4.74 Å². The lowest BCUT2D eigenvalue weighted by Gasteiger charge is -2.11. The maximum atomic E-state index is 6.09. The van der Waals surface area contributed by atoms with Gasteiger partial charge in [0, 0.05) is 29.4 Å². The summed E-state index contributed by atoms with van der Waals surface area (Å²) in [7, 11) is 0. The molecule has 2 aromatic rings. The molecular weight excluding hydrogens is 307 g/mol. The van der Waals surface area contributed by atoms with Crippen LogP contribution in [0.25, 0.3) is 0 Å². The summed E-state index contributed by atoms with van der Waals surface area (Å²) in [4.78, 5) is 4.36. The number of nitrogens with one attached hydrogen (secondary N) is 1. The number of rotatable bonds is 6. The van der Waals surface area contributed by atoms with Gasteiger partial charge in [0.25, 0.3) is 0 Å². The Hall–Kier alpha value is -1.29. The van der Waals surface area contributed by atoms with Crippen molar-refractivity contribution in [2.45, 2.75) is 26.8 Å². The van der Waals surface area contributed by atoms with E-state index in [-0.39, 0.29) is 0 Å². The van der Waals surface area contributed by atoms with Crippen molar-refractivity contribution in [3.05, 3.63) is 51.6 Å². The molecule has 0 saturated heterocycles. The summed E-state index contributed by atoms with van der Waals surface area (Å²) in [5, 5.41) is 4.43. The minimum atomic E-state index is 0.509. The Labute approximate surface area is 135 Å². The Morgan fingerprint density at radius 1 is 1.24 bits per heavy atom. The highest BCUT2D eigenvalue weighted by Gasteiger charge is 2.08. The van der Waals surface area contributed by atoms with E-state index >= 15 is 0 Å². The first-order chi connectivity index (χ1) is 10.1. The highest BCUT2D eigenvalue weighted by atomic mass is 35.5. The second-order valence-corrected chi connectivity index (χ2v) is 5.66. The number of aryl methyl sites for hydroxylation is 1. The highest BCUT2D eigenvalue weighted by Crippen LogP contribution is 2.32. The Balaban J connectivity index is 2.12. The lowest BCUT2D eigenvalue weighted by atomic mass is 10.2. The number of aromatic nitrogens is 1. The van der Waals surface area contributed by atoms with Crippen molar-refractivity contribution in [1.82, 2.24) is 10.3 Å². The van der Waals surface area contributed by atoms with Gasteiger partial charge in [-0.05, 0) is 43.7 Å². The van der Waals surface area contributed by atoms with Gasteiger partial charge < -0.3 is 10.1 Å². The van der Waals surface area contributed by atoms with Gasteiger partial charge in [-0.3, -0.25) is 0 Å². The topological polar surface area (TPSA) is 34.2 Å². The van der Waals surface area contributed by atoms with Crippen LogP contribution in [0.2, 0.25) is 10.0 Å². The monoisotopic (exact) mass is 324 g/mol. The van der Waals surface area contributed by atoms with Crippen LogP contribution in [0.1, 0.15) is 24.5 Å². The van der Waals surface area contributed by atoms with Crippen LogP contribution in [-0.4, -0.2) is 11.5 Å². The zero-order chi connectivity index (χ0) is 15.2. The molecule has 2 rings (SSSR count). The lowest BCUT2D eigenvalue weighted by Crippen LogP contribution is -2.14. The maximum Gasteiger partial charge on any atom is 0.222 e. The minimum absolute atomic E-state index is 0.509. The third kappa shape index (κ3) is 4.60. The van der Waals surface area contributed by atoms with Gasteiger partial charge in [-0.25, -0.2) is 4.98 Å². The van der Waals surface area contributed by atoms with Gasteiger partial charge in [0.1, 0.15) is 5.75 Å². The Kier molecular flexibility index (Phi) is 5.85. The third-order valence-electron chi connectivity index (χ3n) is 2.94. The van der Waals surface area contributed by atoms with Crippen LogP contribution in [0.3, 0.4) is 0 Å². The van der Waals surface area contributed by atoms with Gasteiger partial charge in [0.15, 0.2) is 0 Å². The molecule has 1 heterocycles. The SMILES string of the molecule is CCCNCc1cnc(Oc2cc(Cl)ccc2Cl)c(C)c1. The third-order valence-corrected chi connectivity index (χ3v) is 3.49. The van der Waals surface area contributed by atoms with Gasteiger partial charge in [0.05, 0.1) is 5.02 Å². The van der Waals surface area contributed by atoms with E-state index in [9.17, 15) is 0 Å². The van der Waals surface area contributed by atoms with Gasteiger partial charge in [-0.15, -0.1) is 0 Å². The first-order valence-corrected chi connectivity index (χ1v) is 7.65. The van der Waals surface area contributed by atoms with Crippen LogP contribution in [0.4, 0.5) is 0 Å². The van der Waals surface area contributed by atoms with Gasteiger partial charge in [-0.1, -0.05) is 30.1 Å². The molecule has 0 radical (unpaired) electrons. The van der Waals surface area contributed by atoms with Crippen molar-refractivity contribution in [3.8, 4) is 11.6 Å². The van der Waals surface area contributed by atoms with Gasteiger partial charge in [0.2, 0.25) is 5.88 Å². The number of ether oxygens (including phenoxy) is 1. The molecule has 0 aliphatic rings. The molecule has 0 bridgehead atoms. The summed E-state index contributed by atoms with van der Waals surface area (Å²) in [6, 6.07) is 7.17. The van der Waals surface area contributed by atoms with E-state index in [2.05, 4.69) is 23.3 Å². The number of pyridine rings is 1. The number of nitrogens with zero attached hydrogens (tertiary/aromatic N) is 1. The number of benzene rings is 1. The molecule has 0 atom stereocenters. The summed E-state index contributed by atoms with van der Waals surface area (Å²) in [6.45, 7) is 5.90. The molecule has 1 N–H and O–H groups in total. The molecule has 0 aliphatic carbocycles. The first kappa shape index (κ1) is 16.1. The number of hydrogen-bond donors (Lipinski definition) is 1. The molecule has 0 unspecified atom stereocenters. The van der Waals surface area contributed by atoms with Crippen molar-refractivity contribution in [1.29, 1.82) is 0 Å². The van der Waals surface area contributed by atoms with Crippen molar-refractivity contribution in [2.75, 3.05) is 6.54 Å². The summed E-state index contributed by atoms with van der Waals surface area (Å²) < 4.78 is 5.75. The molecule has 112 valence electrons. The van der Waals surface area contributed by atoms with E-state index < -0.39 is 0 Å². The summed E-state index contributed by atoms with van der Waals surface area (Å²) in [6.07, 6.45) is 2.92. The summed E-state index contributed by atoms with van der Waals surface area (Å²) in [5.74, 6) is 1.05. The normalized spacial score (nSPS) is 10.7. The van der Waals surface area contributed by atoms with Crippen LogP contribution in [0.15, 0.2) is 30.5 Å². The second kappa shape index (κ2) is 7.64. The maximum absolute atomic E-state index is 6.09. The Morgan fingerprint density at radius 2 is 2.05 bits per heavy atom. The molecule has 5 heteroatoms. The minimum Gasteiger partial charge on any atom is -0.437 e. The fraction of sp³-hybridized carbons (Fsp3) is 0.312. The van der Waals surface area contributed by atoms with Crippen LogP contribution >= 0.6 is 23.2 Å². The van der Waals surface area contributed by atoms with Crippen molar-refractivity contribution >= 4 is 23.2 Å². The first-order valence-electron chi connectivity index (χ1n) is 6.89. The number of halogens is 2. The predicted octanol–water partition coefficient (Wildman–Crippen LogP) is 4.99. The second-order valence-electron chi connectivity index (χ2n) is 4.82. The molecule has 0 spiro atoms. The van der Waals surface area contributed by atoms with Crippen molar-refractivity contribution in [3.63, 3.8) is 0 Å².